The van der Waals surface area contributed by atoms with Crippen molar-refractivity contribution in [1.29, 1.82) is 0 Å². The highest BCUT2D eigenvalue weighted by Gasteiger charge is 2.34. The van der Waals surface area contributed by atoms with E-state index in [1.807, 2.05) is 26.0 Å². The molecule has 3 aromatic rings. The average molecular weight is 277 g/mol. The molecule has 102 valence electrons. The molecule has 0 saturated heterocycles. The fourth-order valence-corrected chi connectivity index (χ4v) is 2.31. The summed E-state index contributed by atoms with van der Waals surface area (Å²) in [7, 11) is 3.45. The van der Waals surface area contributed by atoms with Gasteiger partial charge >= 0.3 is 6.18 Å². The normalized spacial score (nSPS) is 12.2. The standard InChI is InChI=1S/C13H11BF3N3/c1-20-10(6-11(19-20)13(15,16)17)7-2-3-9-8(4-7)5-12(14)18-9/h2-6,18H,14H2,1H3. The summed E-state index contributed by atoms with van der Waals surface area (Å²) in [5.41, 5.74) is 2.25. The van der Waals surface area contributed by atoms with Gasteiger partial charge in [-0.25, -0.2) is 0 Å². The highest BCUT2D eigenvalue weighted by molar-refractivity contribution is 6.32. The van der Waals surface area contributed by atoms with Crippen molar-refractivity contribution in [3.05, 3.63) is 36.0 Å². The lowest BCUT2D eigenvalue weighted by Gasteiger charge is -2.01. The summed E-state index contributed by atoms with van der Waals surface area (Å²) >= 11 is 0. The van der Waals surface area contributed by atoms with Gasteiger partial charge in [0.2, 0.25) is 0 Å². The number of rotatable bonds is 1. The van der Waals surface area contributed by atoms with Crippen molar-refractivity contribution in [3.63, 3.8) is 0 Å². The van der Waals surface area contributed by atoms with Gasteiger partial charge in [0.15, 0.2) is 13.5 Å². The quantitative estimate of drug-likeness (QED) is 0.677. The largest absolute Gasteiger partial charge is 0.435 e. The molecule has 20 heavy (non-hydrogen) atoms. The van der Waals surface area contributed by atoms with Crippen molar-refractivity contribution in [2.24, 2.45) is 7.05 Å². The second-order valence-electron chi connectivity index (χ2n) is 4.79. The summed E-state index contributed by atoms with van der Waals surface area (Å²) < 4.78 is 39.3. The molecule has 0 saturated carbocycles. The molecule has 3 rings (SSSR count). The number of aryl methyl sites for hydroxylation is 1. The lowest BCUT2D eigenvalue weighted by atomic mass is 10.0. The van der Waals surface area contributed by atoms with Crippen molar-refractivity contribution >= 4 is 24.3 Å². The number of aromatic amines is 1. The van der Waals surface area contributed by atoms with Crippen LogP contribution in [0.25, 0.3) is 22.2 Å². The van der Waals surface area contributed by atoms with Crippen molar-refractivity contribution in [3.8, 4) is 11.3 Å². The van der Waals surface area contributed by atoms with Crippen molar-refractivity contribution in [1.82, 2.24) is 14.8 Å². The van der Waals surface area contributed by atoms with E-state index in [1.54, 1.807) is 6.07 Å². The van der Waals surface area contributed by atoms with Crippen LogP contribution in [0.4, 0.5) is 13.2 Å². The number of hydrogen-bond donors (Lipinski definition) is 1. The molecular formula is C13H11BF3N3. The van der Waals surface area contributed by atoms with Gasteiger partial charge in [0.05, 0.1) is 5.69 Å². The Bertz CT molecular complexity index is 786. The maximum atomic E-state index is 12.7. The first-order valence-corrected chi connectivity index (χ1v) is 6.05. The van der Waals surface area contributed by atoms with Gasteiger partial charge in [-0.05, 0) is 35.2 Å². The van der Waals surface area contributed by atoms with E-state index in [1.165, 1.54) is 11.7 Å². The molecule has 0 aliphatic rings. The summed E-state index contributed by atoms with van der Waals surface area (Å²) in [6, 6.07) is 8.53. The van der Waals surface area contributed by atoms with Crippen LogP contribution in [0, 0.1) is 0 Å². The van der Waals surface area contributed by atoms with Crippen LogP contribution < -0.4 is 5.59 Å². The fourth-order valence-electron chi connectivity index (χ4n) is 2.31. The number of aromatic nitrogens is 3. The minimum absolute atomic E-state index is 0.443. The third-order valence-electron chi connectivity index (χ3n) is 3.22. The average Bonchev–Trinajstić information content (AvgIpc) is 2.89. The maximum absolute atomic E-state index is 12.7. The van der Waals surface area contributed by atoms with E-state index < -0.39 is 11.9 Å². The first-order chi connectivity index (χ1) is 9.34. The molecule has 1 aromatic carbocycles. The van der Waals surface area contributed by atoms with Crippen LogP contribution in [0.1, 0.15) is 5.69 Å². The molecule has 0 aliphatic heterocycles. The Kier molecular flexibility index (Phi) is 2.67. The molecule has 0 unspecified atom stereocenters. The van der Waals surface area contributed by atoms with Crippen LogP contribution in [0.3, 0.4) is 0 Å². The summed E-state index contributed by atoms with van der Waals surface area (Å²) in [6.45, 7) is 0. The van der Waals surface area contributed by atoms with Gasteiger partial charge in [-0.1, -0.05) is 6.07 Å². The number of nitrogens with one attached hydrogen (secondary N) is 1. The first-order valence-electron chi connectivity index (χ1n) is 6.05. The second-order valence-corrected chi connectivity index (χ2v) is 4.79. The second kappa shape index (κ2) is 4.16. The van der Waals surface area contributed by atoms with Gasteiger partial charge < -0.3 is 4.98 Å². The number of alkyl halides is 3. The molecule has 0 aliphatic carbocycles. The van der Waals surface area contributed by atoms with Gasteiger partial charge in [-0.2, -0.15) is 18.3 Å². The Hall–Kier alpha value is -2.18. The molecule has 2 aromatic heterocycles. The Morgan fingerprint density at radius 1 is 1.20 bits per heavy atom. The van der Waals surface area contributed by atoms with Gasteiger partial charge in [0.25, 0.3) is 0 Å². The maximum Gasteiger partial charge on any atom is 0.435 e. The highest BCUT2D eigenvalue weighted by Crippen LogP contribution is 2.32. The SMILES string of the molecule is Bc1cc2cc(-c3cc(C(F)(F)F)nn3C)ccc2[nH]1. The monoisotopic (exact) mass is 277 g/mol. The van der Waals surface area contributed by atoms with Crippen LogP contribution in [-0.2, 0) is 13.2 Å². The zero-order valence-electron chi connectivity index (χ0n) is 10.9. The van der Waals surface area contributed by atoms with Crippen molar-refractivity contribution < 1.29 is 13.2 Å². The molecule has 0 radical (unpaired) electrons. The zero-order valence-corrected chi connectivity index (χ0v) is 10.9. The van der Waals surface area contributed by atoms with E-state index in [-0.39, 0.29) is 0 Å². The lowest BCUT2D eigenvalue weighted by Crippen LogP contribution is -2.06. The molecule has 0 amide bonds. The van der Waals surface area contributed by atoms with Crippen LogP contribution in [0.2, 0.25) is 0 Å². The van der Waals surface area contributed by atoms with E-state index >= 15 is 0 Å². The van der Waals surface area contributed by atoms with Gasteiger partial charge in [-0.3, -0.25) is 4.68 Å². The number of H-pyrrole nitrogens is 1. The van der Waals surface area contributed by atoms with Crippen LogP contribution in [0.15, 0.2) is 30.3 Å². The third kappa shape index (κ3) is 2.09. The molecule has 2 heterocycles. The number of benzene rings is 1. The van der Waals surface area contributed by atoms with Crippen LogP contribution in [0.5, 0.6) is 0 Å². The molecule has 0 spiro atoms. The van der Waals surface area contributed by atoms with Crippen molar-refractivity contribution in [2.75, 3.05) is 0 Å². The third-order valence-corrected chi connectivity index (χ3v) is 3.22. The Labute approximate surface area is 113 Å². The Morgan fingerprint density at radius 2 is 1.95 bits per heavy atom. The van der Waals surface area contributed by atoms with E-state index in [2.05, 4.69) is 10.1 Å². The number of hydrogen-bond acceptors (Lipinski definition) is 1. The molecule has 3 nitrogen and oxygen atoms in total. The molecule has 0 fully saturated rings. The predicted octanol–water partition coefficient (Wildman–Crippen LogP) is 1.85. The van der Waals surface area contributed by atoms with E-state index in [0.717, 1.165) is 22.6 Å². The highest BCUT2D eigenvalue weighted by atomic mass is 19.4. The Balaban J connectivity index is 2.12. The van der Waals surface area contributed by atoms with Gasteiger partial charge in [-0.15, -0.1) is 0 Å². The summed E-state index contributed by atoms with van der Waals surface area (Å²) in [4.78, 5) is 3.18. The van der Waals surface area contributed by atoms with E-state index in [9.17, 15) is 13.2 Å². The summed E-state index contributed by atoms with van der Waals surface area (Å²) in [6.07, 6.45) is -4.43. The van der Waals surface area contributed by atoms with Gasteiger partial charge in [0, 0.05) is 18.1 Å². The van der Waals surface area contributed by atoms with Crippen LogP contribution >= 0.6 is 0 Å². The first kappa shape index (κ1) is 12.8. The lowest BCUT2D eigenvalue weighted by molar-refractivity contribution is -0.141. The summed E-state index contributed by atoms with van der Waals surface area (Å²) in [5, 5.41) is 4.49. The van der Waals surface area contributed by atoms with Gasteiger partial charge in [0.1, 0.15) is 0 Å². The molecule has 7 heteroatoms. The molecule has 0 bridgehead atoms. The topological polar surface area (TPSA) is 33.6 Å². The fraction of sp³-hybridized carbons (Fsp3) is 0.154. The van der Waals surface area contributed by atoms with E-state index in [0.29, 0.717) is 11.3 Å². The van der Waals surface area contributed by atoms with E-state index in [4.69, 9.17) is 0 Å². The van der Waals surface area contributed by atoms with Crippen LogP contribution in [-0.4, -0.2) is 22.6 Å². The summed E-state index contributed by atoms with van der Waals surface area (Å²) in [5.74, 6) is 0. The minimum Gasteiger partial charge on any atom is -0.368 e. The predicted molar refractivity (Wildman–Crippen MR) is 73.7 cm³/mol. The minimum atomic E-state index is -4.43. The zero-order chi connectivity index (χ0) is 14.5. The molecule has 1 N–H and O–H groups in total. The Morgan fingerprint density at radius 3 is 2.60 bits per heavy atom. The number of halogens is 3. The molecule has 0 atom stereocenters. The molecular weight excluding hydrogens is 266 g/mol. The van der Waals surface area contributed by atoms with Crippen molar-refractivity contribution in [2.45, 2.75) is 6.18 Å². The number of nitrogens with zero attached hydrogens (tertiary/aromatic N) is 2. The smallest absolute Gasteiger partial charge is 0.368 e. The number of fused-ring (bicyclic) bond motifs is 1.